The van der Waals surface area contributed by atoms with Crippen molar-refractivity contribution < 1.29 is 72.3 Å². The molecular weight excluding hydrogens is 1600 g/mol. The topological polar surface area (TPSA) is 187 Å². The van der Waals surface area contributed by atoms with Crippen molar-refractivity contribution in [3.8, 4) is 46.0 Å². The first-order valence-electron chi connectivity index (χ1n) is 47.3. The summed E-state index contributed by atoms with van der Waals surface area (Å²) in [6, 6.07) is 73.2. The second kappa shape index (κ2) is 67.4. The van der Waals surface area contributed by atoms with E-state index in [1.54, 1.807) is 48.5 Å². The molecule has 0 bridgehead atoms. The number of carbonyl (C=O) groups is 2. The number of hydrogen-bond acceptors (Lipinski definition) is 15. The van der Waals surface area contributed by atoms with E-state index in [-0.39, 0.29) is 31.4 Å². The molecule has 0 heterocycles. The van der Waals surface area contributed by atoms with Gasteiger partial charge in [0.1, 0.15) is 51.6 Å². The third kappa shape index (κ3) is 51.4. The fraction of sp³-hybridized carbons (Fsp3) is 0.504. The van der Waals surface area contributed by atoms with Gasteiger partial charge in [-0.15, -0.1) is 0 Å². The summed E-state index contributed by atoms with van der Waals surface area (Å²) in [7, 11) is 1.29. The molecule has 128 heavy (non-hydrogen) atoms. The van der Waals surface area contributed by atoms with Crippen molar-refractivity contribution in [3.05, 3.63) is 275 Å². The minimum absolute atomic E-state index is 0.0556. The average Bonchev–Trinajstić information content (AvgIpc) is 1.78. The summed E-state index contributed by atoms with van der Waals surface area (Å²) in [4.78, 5) is 22.3. The van der Waals surface area contributed by atoms with E-state index in [0.717, 1.165) is 81.6 Å². The summed E-state index contributed by atoms with van der Waals surface area (Å²) >= 11 is 0. The van der Waals surface area contributed by atoms with Gasteiger partial charge in [0, 0.05) is 19.6 Å². The lowest BCUT2D eigenvalue weighted by molar-refractivity contribution is -0.157. The second-order valence-corrected chi connectivity index (χ2v) is 34.2. The highest BCUT2D eigenvalue weighted by molar-refractivity contribution is 5.71. The maximum absolute atomic E-state index is 11.5. The zero-order valence-corrected chi connectivity index (χ0v) is 84.0. The summed E-state index contributed by atoms with van der Waals surface area (Å²) in [6.07, 6.45) is 10.0. The zero-order chi connectivity index (χ0) is 96.1. The molecule has 15 heteroatoms. The Morgan fingerprint density at radius 3 is 0.797 bits per heavy atom. The largest absolute Gasteiger partial charge is 0.513 e. The van der Waals surface area contributed by atoms with E-state index in [1.165, 1.54) is 63.6 Å². The molecule has 0 radical (unpaired) electrons. The van der Waals surface area contributed by atoms with Crippen molar-refractivity contribution in [1.82, 2.24) is 0 Å². The molecule has 15 nitrogen and oxygen atoms in total. The Morgan fingerprint density at radius 1 is 0.297 bits per heavy atom. The van der Waals surface area contributed by atoms with Gasteiger partial charge in [0.05, 0.1) is 13.7 Å². The predicted molar refractivity (Wildman–Crippen MR) is 535 cm³/mol. The van der Waals surface area contributed by atoms with Gasteiger partial charge in [0.15, 0.2) is 25.5 Å². The molecule has 12 unspecified atom stereocenters. The third-order valence-electron chi connectivity index (χ3n) is 22.3. The number of phenols is 3. The summed E-state index contributed by atoms with van der Waals surface area (Å²) in [6.45, 7) is 61.2. The van der Waals surface area contributed by atoms with Gasteiger partial charge in [-0.1, -0.05) is 273 Å². The Hall–Kier alpha value is -9.80. The van der Waals surface area contributed by atoms with Crippen LogP contribution in [-0.4, -0.2) is 85.5 Å². The number of benzene rings is 9. The maximum atomic E-state index is 11.5. The van der Waals surface area contributed by atoms with Crippen LogP contribution < -0.4 is 23.7 Å². The highest BCUT2D eigenvalue weighted by atomic mass is 16.7. The van der Waals surface area contributed by atoms with Crippen LogP contribution in [0.25, 0.3) is 0 Å². The van der Waals surface area contributed by atoms with E-state index in [9.17, 15) is 9.59 Å². The van der Waals surface area contributed by atoms with Gasteiger partial charge in [-0.25, -0.2) is 9.59 Å². The molecule has 0 aromatic heterocycles. The highest BCUT2D eigenvalue weighted by Crippen LogP contribution is 2.30. The third-order valence-corrected chi connectivity index (χ3v) is 22.3. The van der Waals surface area contributed by atoms with E-state index in [0.29, 0.717) is 101 Å². The molecule has 0 aliphatic carbocycles. The molecule has 9 aromatic rings. The fourth-order valence-corrected chi connectivity index (χ4v) is 11.9. The van der Waals surface area contributed by atoms with Crippen LogP contribution in [0.3, 0.4) is 0 Å². The van der Waals surface area contributed by atoms with E-state index >= 15 is 0 Å². The Kier molecular flexibility index (Phi) is 61.2. The van der Waals surface area contributed by atoms with Gasteiger partial charge < -0.3 is 62.7 Å². The molecule has 9 aromatic carbocycles. The van der Waals surface area contributed by atoms with Gasteiger partial charge in [-0.3, -0.25) is 0 Å². The lowest BCUT2D eigenvalue weighted by Gasteiger charge is -2.19. The Morgan fingerprint density at radius 2 is 0.547 bits per heavy atom. The molecular formula is C113H168O15. The second-order valence-electron chi connectivity index (χ2n) is 34.2. The number of ether oxygens (including phenoxy) is 10. The molecule has 0 saturated carbocycles. The van der Waals surface area contributed by atoms with E-state index in [2.05, 4.69) is 217 Å². The average molecular weight is 1770 g/mol. The van der Waals surface area contributed by atoms with E-state index in [1.807, 2.05) is 158 Å². The van der Waals surface area contributed by atoms with Crippen molar-refractivity contribution in [1.29, 1.82) is 0 Å². The van der Waals surface area contributed by atoms with Crippen molar-refractivity contribution in [2.24, 2.45) is 5.92 Å². The van der Waals surface area contributed by atoms with Gasteiger partial charge >= 0.3 is 12.1 Å². The van der Waals surface area contributed by atoms with Crippen LogP contribution in [0.4, 0.5) is 4.79 Å². The molecule has 0 fully saturated rings. The van der Waals surface area contributed by atoms with Crippen LogP contribution in [0.5, 0.6) is 46.0 Å². The maximum Gasteiger partial charge on any atom is 0.513 e. The molecule has 12 atom stereocenters. The van der Waals surface area contributed by atoms with Gasteiger partial charge in [-0.05, 0) is 313 Å². The van der Waals surface area contributed by atoms with Crippen LogP contribution in [0.1, 0.15) is 361 Å². The monoisotopic (exact) mass is 1770 g/mol. The standard InChI is InChI=1S/C16H24O3.C16H26O2.C15H24O2.C14H22O2.C12H16O3.3C10H14O.C10H14/c1-6-12(2)13-7-9-14(10-8-13)18-11-15(17)19-16(3,4)5;1-6-13(4)15-7-9-16(10-8-15)18-14(5)17-11-12(2)3;1-5-12(4)13-8-10-14(11-9-13)17-15(6-2)16-7-3;1-5-11(3)13-7-9-14(10-8-13)16-12(4)15-6-2;1-4-9(2)10-5-7-11(8-6-10)15-12(13)14-3;3*1-3-8(2)9-4-6-10(11)7-5-9;1-3-9(2)10-7-5-4-6-8-10/h7-10,12H,6,11H2,1-5H3;7-10,12-14H,6,11H2,1-5H3;8-12,15H,5-7H2,1-4H3;7-12H,5-6H2,1-4H3;5-9H,4H2,1-3H3;3*4-8,11H,3H2,1-2H3;4-9H,3H2,1-2H3. The molecule has 3 N–H and O–H groups in total. The lowest BCUT2D eigenvalue weighted by atomic mass is 9.99. The minimum Gasteiger partial charge on any atom is -0.508 e. The van der Waals surface area contributed by atoms with Crippen molar-refractivity contribution in [2.75, 3.05) is 33.5 Å². The molecule has 0 aliphatic rings. The number of aromatic hydroxyl groups is 3. The summed E-state index contributed by atoms with van der Waals surface area (Å²) < 4.78 is 53.3. The highest BCUT2D eigenvalue weighted by Gasteiger charge is 2.18. The molecule has 9 rings (SSSR count). The number of methoxy groups -OCH3 is 1. The zero-order valence-electron chi connectivity index (χ0n) is 84.0. The molecule has 0 spiro atoms. The smallest absolute Gasteiger partial charge is 0.508 e. The minimum atomic E-state index is -0.689. The SMILES string of the molecule is CCC(C)c1ccc(O)cc1.CCC(C)c1ccc(O)cc1.CCC(C)c1ccc(O)cc1.CCC(C)c1ccc(OC(=O)OC)cc1.CCC(C)c1ccc(OC(C)OCC(C)C)cc1.CCC(C)c1ccc(OCC(=O)OC(C)(C)C)cc1.CCC(C)c1ccccc1.CCOC(C)Oc1ccc(C(C)CC)cc1.CCOC(CC)Oc1ccc(C(C)CC)cc1. The first-order valence-corrected chi connectivity index (χ1v) is 47.3. The quantitative estimate of drug-likeness (QED) is 0.0191. The van der Waals surface area contributed by atoms with E-state index < -0.39 is 11.8 Å². The number of esters is 1. The lowest BCUT2D eigenvalue weighted by Crippen LogP contribution is -2.27. The number of rotatable bonds is 36. The Balaban J connectivity index is 0.000000725. The first kappa shape index (κ1) is 116. The first-order chi connectivity index (χ1) is 60.9. The normalized spacial score (nSPS) is 13.4. The number of hydrogen-bond donors (Lipinski definition) is 3. The van der Waals surface area contributed by atoms with Crippen LogP contribution in [0, 0.1) is 5.92 Å². The van der Waals surface area contributed by atoms with Gasteiger partial charge in [0.2, 0.25) is 0 Å². The summed E-state index contributed by atoms with van der Waals surface area (Å²) in [5.41, 5.74) is 11.5. The molecule has 710 valence electrons. The van der Waals surface area contributed by atoms with Gasteiger partial charge in [-0.2, -0.15) is 0 Å². The molecule has 0 aliphatic heterocycles. The Bertz CT molecular complexity index is 4060. The van der Waals surface area contributed by atoms with Crippen LogP contribution >= 0.6 is 0 Å². The van der Waals surface area contributed by atoms with Gasteiger partial charge in [0.25, 0.3) is 0 Å². The van der Waals surface area contributed by atoms with Crippen LogP contribution in [-0.2, 0) is 28.5 Å². The molecule has 0 amide bonds. The molecule has 0 saturated heterocycles. The fourth-order valence-electron chi connectivity index (χ4n) is 11.9. The predicted octanol–water partition coefficient (Wildman–Crippen LogP) is 32.1. The number of phenolic OH excluding ortho intramolecular Hbond substituents is 3. The van der Waals surface area contributed by atoms with Crippen LogP contribution in [0.15, 0.2) is 224 Å². The summed E-state index contributed by atoms with van der Waals surface area (Å²) in [5, 5.41) is 27.0. The van der Waals surface area contributed by atoms with Crippen molar-refractivity contribution >= 4 is 12.1 Å². The number of carbonyl (C=O) groups excluding carboxylic acids is 2. The van der Waals surface area contributed by atoms with Crippen LogP contribution in [0.2, 0.25) is 0 Å². The van der Waals surface area contributed by atoms with Crippen molar-refractivity contribution in [3.63, 3.8) is 0 Å². The summed E-state index contributed by atoms with van der Waals surface area (Å²) in [5.74, 6) is 10.4. The Labute approximate surface area is 775 Å². The van der Waals surface area contributed by atoms with Crippen molar-refractivity contribution in [2.45, 2.75) is 336 Å². The van der Waals surface area contributed by atoms with E-state index in [4.69, 9.17) is 58.0 Å².